The van der Waals surface area contributed by atoms with Gasteiger partial charge in [-0.25, -0.2) is 0 Å². The van der Waals surface area contributed by atoms with Gasteiger partial charge < -0.3 is 15.8 Å². The van der Waals surface area contributed by atoms with Gasteiger partial charge in [-0.3, -0.25) is 4.79 Å². The SMILES string of the molecule is COc1c(Br)cc(Cl)cc1NC(=O)C(C)(C)CN. The van der Waals surface area contributed by atoms with Crippen LogP contribution in [-0.2, 0) is 4.79 Å². The summed E-state index contributed by atoms with van der Waals surface area (Å²) in [6.45, 7) is 3.80. The van der Waals surface area contributed by atoms with Crippen molar-refractivity contribution in [3.05, 3.63) is 21.6 Å². The third-order valence-electron chi connectivity index (χ3n) is 2.59. The lowest BCUT2D eigenvalue weighted by Crippen LogP contribution is -2.37. The normalized spacial score (nSPS) is 11.2. The van der Waals surface area contributed by atoms with Crippen LogP contribution in [0, 0.1) is 5.41 Å². The molecule has 1 aromatic rings. The summed E-state index contributed by atoms with van der Waals surface area (Å²) in [5.41, 5.74) is 5.43. The fourth-order valence-electron chi connectivity index (χ4n) is 1.24. The monoisotopic (exact) mass is 334 g/mol. The van der Waals surface area contributed by atoms with Crippen molar-refractivity contribution in [2.24, 2.45) is 11.1 Å². The van der Waals surface area contributed by atoms with Gasteiger partial charge >= 0.3 is 0 Å². The Bertz CT molecular complexity index is 464. The molecule has 0 aliphatic heterocycles. The zero-order valence-corrected chi connectivity index (χ0v) is 12.9. The molecule has 0 atom stereocenters. The molecule has 0 fully saturated rings. The van der Waals surface area contributed by atoms with E-state index >= 15 is 0 Å². The first-order valence-corrected chi connectivity index (χ1v) is 6.53. The number of halogens is 2. The van der Waals surface area contributed by atoms with Crippen molar-refractivity contribution in [1.82, 2.24) is 0 Å². The van der Waals surface area contributed by atoms with E-state index in [1.165, 1.54) is 7.11 Å². The largest absolute Gasteiger partial charge is 0.493 e. The number of hydrogen-bond donors (Lipinski definition) is 2. The first-order valence-electron chi connectivity index (χ1n) is 5.36. The Balaban J connectivity index is 3.08. The number of carbonyl (C=O) groups is 1. The first-order chi connectivity index (χ1) is 8.31. The molecule has 0 aromatic heterocycles. The average molecular weight is 336 g/mol. The minimum absolute atomic E-state index is 0.183. The number of carbonyl (C=O) groups excluding carboxylic acids is 1. The number of ether oxygens (including phenoxy) is 1. The van der Waals surface area contributed by atoms with Crippen molar-refractivity contribution in [3.63, 3.8) is 0 Å². The Morgan fingerprint density at radius 2 is 2.17 bits per heavy atom. The Kier molecular flexibility index (Phi) is 5.01. The molecule has 0 heterocycles. The van der Waals surface area contributed by atoms with E-state index in [-0.39, 0.29) is 12.5 Å². The quantitative estimate of drug-likeness (QED) is 0.889. The van der Waals surface area contributed by atoms with E-state index in [0.717, 1.165) is 0 Å². The van der Waals surface area contributed by atoms with Crippen LogP contribution < -0.4 is 15.8 Å². The molecule has 0 bridgehead atoms. The summed E-state index contributed by atoms with van der Waals surface area (Å²) < 4.78 is 5.91. The van der Waals surface area contributed by atoms with Gasteiger partial charge in [0.2, 0.25) is 5.91 Å². The van der Waals surface area contributed by atoms with Crippen molar-refractivity contribution in [1.29, 1.82) is 0 Å². The summed E-state index contributed by atoms with van der Waals surface area (Å²) in [6, 6.07) is 3.33. The molecular weight excluding hydrogens is 320 g/mol. The van der Waals surface area contributed by atoms with Gasteiger partial charge in [-0.05, 0) is 41.9 Å². The highest BCUT2D eigenvalue weighted by molar-refractivity contribution is 9.10. The summed E-state index contributed by atoms with van der Waals surface area (Å²) in [6.07, 6.45) is 0. The maximum atomic E-state index is 12.1. The summed E-state index contributed by atoms with van der Waals surface area (Å²) >= 11 is 9.28. The lowest BCUT2D eigenvalue weighted by atomic mass is 9.92. The van der Waals surface area contributed by atoms with Gasteiger partial charge in [-0.2, -0.15) is 0 Å². The second-order valence-electron chi connectivity index (χ2n) is 4.51. The standard InChI is InChI=1S/C12H16BrClN2O2/c1-12(2,6-15)11(17)16-9-5-7(14)4-8(13)10(9)18-3/h4-5H,6,15H2,1-3H3,(H,16,17). The molecule has 1 amide bonds. The second-order valence-corrected chi connectivity index (χ2v) is 5.80. The van der Waals surface area contributed by atoms with Gasteiger partial charge in [0.1, 0.15) is 0 Å². The highest BCUT2D eigenvalue weighted by Crippen LogP contribution is 2.36. The topological polar surface area (TPSA) is 64.3 Å². The minimum atomic E-state index is -0.653. The van der Waals surface area contributed by atoms with Crippen LogP contribution in [0.4, 0.5) is 5.69 Å². The van der Waals surface area contributed by atoms with E-state index in [4.69, 9.17) is 22.1 Å². The van der Waals surface area contributed by atoms with Gasteiger partial charge in [0.05, 0.1) is 22.7 Å². The maximum Gasteiger partial charge on any atom is 0.231 e. The molecule has 0 aliphatic rings. The van der Waals surface area contributed by atoms with E-state index < -0.39 is 5.41 Å². The minimum Gasteiger partial charge on any atom is -0.493 e. The van der Waals surface area contributed by atoms with E-state index in [0.29, 0.717) is 20.9 Å². The van der Waals surface area contributed by atoms with Crippen LogP contribution in [-0.4, -0.2) is 19.6 Å². The van der Waals surface area contributed by atoms with E-state index in [1.807, 2.05) is 0 Å². The molecule has 0 saturated heterocycles. The van der Waals surface area contributed by atoms with Crippen molar-refractivity contribution in [3.8, 4) is 5.75 Å². The van der Waals surface area contributed by atoms with Crippen molar-refractivity contribution < 1.29 is 9.53 Å². The summed E-state index contributed by atoms with van der Waals surface area (Å²) in [5.74, 6) is 0.345. The number of amides is 1. The predicted octanol–water partition coefficient (Wildman–Crippen LogP) is 3.03. The zero-order chi connectivity index (χ0) is 13.9. The van der Waals surface area contributed by atoms with Crippen LogP contribution in [0.25, 0.3) is 0 Å². The Hall–Kier alpha value is -0.780. The molecule has 0 saturated carbocycles. The molecule has 100 valence electrons. The Morgan fingerprint density at radius 1 is 1.56 bits per heavy atom. The van der Waals surface area contributed by atoms with Crippen LogP contribution in [0.15, 0.2) is 16.6 Å². The molecular formula is C12H16BrClN2O2. The summed E-state index contributed by atoms with van der Waals surface area (Å²) in [4.78, 5) is 12.1. The van der Waals surface area contributed by atoms with Crippen LogP contribution in [0.1, 0.15) is 13.8 Å². The highest BCUT2D eigenvalue weighted by atomic mass is 79.9. The molecule has 0 radical (unpaired) electrons. The molecule has 4 nitrogen and oxygen atoms in total. The smallest absolute Gasteiger partial charge is 0.231 e. The van der Waals surface area contributed by atoms with E-state index in [2.05, 4.69) is 21.2 Å². The van der Waals surface area contributed by atoms with Crippen molar-refractivity contribution in [2.75, 3.05) is 19.0 Å². The summed E-state index contributed by atoms with van der Waals surface area (Å²) in [5, 5.41) is 3.28. The lowest BCUT2D eigenvalue weighted by molar-refractivity contribution is -0.123. The maximum absolute atomic E-state index is 12.1. The van der Waals surface area contributed by atoms with E-state index in [9.17, 15) is 4.79 Å². The number of hydrogen-bond acceptors (Lipinski definition) is 3. The molecule has 0 spiro atoms. The number of benzene rings is 1. The molecule has 0 unspecified atom stereocenters. The van der Waals surface area contributed by atoms with Crippen LogP contribution in [0.2, 0.25) is 5.02 Å². The number of methoxy groups -OCH3 is 1. The molecule has 1 rings (SSSR count). The average Bonchev–Trinajstić information content (AvgIpc) is 2.28. The van der Waals surface area contributed by atoms with Crippen LogP contribution >= 0.6 is 27.5 Å². The fraction of sp³-hybridized carbons (Fsp3) is 0.417. The molecule has 0 aliphatic carbocycles. The fourth-order valence-corrected chi connectivity index (χ4v) is 2.22. The van der Waals surface area contributed by atoms with Crippen molar-refractivity contribution >= 4 is 39.1 Å². The molecule has 6 heteroatoms. The Morgan fingerprint density at radius 3 is 2.67 bits per heavy atom. The molecule has 1 aromatic carbocycles. The van der Waals surface area contributed by atoms with Crippen molar-refractivity contribution in [2.45, 2.75) is 13.8 Å². The summed E-state index contributed by atoms with van der Waals surface area (Å²) in [7, 11) is 1.53. The lowest BCUT2D eigenvalue weighted by Gasteiger charge is -2.22. The van der Waals surface area contributed by atoms with Crippen LogP contribution in [0.5, 0.6) is 5.75 Å². The molecule has 18 heavy (non-hydrogen) atoms. The Labute approximate surface area is 120 Å². The second kappa shape index (κ2) is 5.91. The first kappa shape index (κ1) is 15.3. The highest BCUT2D eigenvalue weighted by Gasteiger charge is 2.27. The number of nitrogens with two attached hydrogens (primary N) is 1. The van der Waals surface area contributed by atoms with Gasteiger partial charge in [0.25, 0.3) is 0 Å². The third kappa shape index (κ3) is 3.37. The van der Waals surface area contributed by atoms with Gasteiger partial charge in [0.15, 0.2) is 5.75 Å². The van der Waals surface area contributed by atoms with Gasteiger partial charge in [-0.15, -0.1) is 0 Å². The van der Waals surface area contributed by atoms with Gasteiger partial charge in [-0.1, -0.05) is 11.6 Å². The predicted molar refractivity (Wildman–Crippen MR) is 77.2 cm³/mol. The van der Waals surface area contributed by atoms with E-state index in [1.54, 1.807) is 26.0 Å². The number of rotatable bonds is 4. The van der Waals surface area contributed by atoms with Gasteiger partial charge in [0, 0.05) is 11.6 Å². The third-order valence-corrected chi connectivity index (χ3v) is 3.39. The number of nitrogens with one attached hydrogen (secondary N) is 1. The number of anilines is 1. The zero-order valence-electron chi connectivity index (χ0n) is 10.5. The van der Waals surface area contributed by atoms with Crippen LogP contribution in [0.3, 0.4) is 0 Å². The molecule has 3 N–H and O–H groups in total.